The number of morpholine rings is 1. The van der Waals surface area contributed by atoms with Crippen LogP contribution in [0.4, 0.5) is 4.79 Å². The van der Waals surface area contributed by atoms with Gasteiger partial charge in [-0.2, -0.15) is 0 Å². The molecule has 20 heavy (non-hydrogen) atoms. The van der Waals surface area contributed by atoms with Gasteiger partial charge in [-0.15, -0.1) is 0 Å². The molecule has 2 fully saturated rings. The predicted octanol–water partition coefficient (Wildman–Crippen LogP) is 0.685. The van der Waals surface area contributed by atoms with Crippen LogP contribution in [0.3, 0.4) is 0 Å². The molecule has 0 aromatic rings. The molecule has 2 atom stereocenters. The fourth-order valence-electron chi connectivity index (χ4n) is 2.64. The average molecular weight is 274 g/mol. The third-order valence-electron chi connectivity index (χ3n) is 3.63. The number of carbonyl (C=O) groups is 1. The summed E-state index contributed by atoms with van der Waals surface area (Å²) in [6.45, 7) is 2.90. The van der Waals surface area contributed by atoms with Crippen LogP contribution in [0.5, 0.6) is 0 Å². The summed E-state index contributed by atoms with van der Waals surface area (Å²) in [5, 5.41) is 3.31. The predicted molar refractivity (Wildman–Crippen MR) is 74.1 cm³/mol. The van der Waals surface area contributed by atoms with Crippen molar-refractivity contribution in [2.75, 3.05) is 32.9 Å². The topological polar surface area (TPSA) is 50.8 Å². The summed E-state index contributed by atoms with van der Waals surface area (Å²) in [5.74, 6) is 6.01. The van der Waals surface area contributed by atoms with Crippen LogP contribution in [0.25, 0.3) is 0 Å². The molecule has 2 aliphatic heterocycles. The molecule has 5 heteroatoms. The molecule has 2 unspecified atom stereocenters. The average Bonchev–Trinajstić information content (AvgIpc) is 2.72. The Bertz CT molecular complexity index is 479. The zero-order valence-corrected chi connectivity index (χ0v) is 11.3. The lowest BCUT2D eigenvalue weighted by molar-refractivity contribution is -0.0565. The number of nitrogens with one attached hydrogen (secondary N) is 1. The number of fused-ring (bicyclic) bond motifs is 2. The molecule has 1 aliphatic carbocycles. The molecule has 1 amide bonds. The smallest absolute Gasteiger partial charge is 0.410 e. The van der Waals surface area contributed by atoms with Crippen molar-refractivity contribution < 1.29 is 14.3 Å². The van der Waals surface area contributed by atoms with Crippen LogP contribution in [-0.2, 0) is 9.47 Å². The minimum atomic E-state index is -0.263. The summed E-state index contributed by atoms with van der Waals surface area (Å²) < 4.78 is 10.9. The van der Waals surface area contributed by atoms with Gasteiger partial charge in [0.05, 0.1) is 25.3 Å². The highest BCUT2D eigenvalue weighted by molar-refractivity contribution is 5.69. The lowest BCUT2D eigenvalue weighted by atomic mass is 10.1. The SMILES string of the molecule is O=C(OCC1=CC=CCC#C1)N1C2CNCC1COC2. The standard InChI is InChI=1S/C15H18N2O3/c18-15(20-9-12-5-3-1-2-4-6-12)17-13-7-16-8-14(17)11-19-10-13/h1,3,5,13-14,16H,2,7-11H2. The van der Waals surface area contributed by atoms with Gasteiger partial charge in [0.15, 0.2) is 0 Å². The Morgan fingerprint density at radius 3 is 3.05 bits per heavy atom. The van der Waals surface area contributed by atoms with Gasteiger partial charge in [-0.05, 0) is 6.08 Å². The van der Waals surface area contributed by atoms with Crippen molar-refractivity contribution in [2.24, 2.45) is 0 Å². The third kappa shape index (κ3) is 2.87. The highest BCUT2D eigenvalue weighted by Gasteiger charge is 2.38. The fraction of sp³-hybridized carbons (Fsp3) is 0.533. The van der Waals surface area contributed by atoms with E-state index in [1.54, 1.807) is 0 Å². The van der Waals surface area contributed by atoms with Crippen molar-refractivity contribution >= 4 is 6.09 Å². The van der Waals surface area contributed by atoms with Crippen LogP contribution < -0.4 is 5.32 Å². The van der Waals surface area contributed by atoms with E-state index < -0.39 is 0 Å². The molecule has 2 saturated heterocycles. The van der Waals surface area contributed by atoms with Crippen molar-refractivity contribution in [3.05, 3.63) is 23.8 Å². The van der Waals surface area contributed by atoms with Gasteiger partial charge in [-0.25, -0.2) is 4.79 Å². The molecule has 3 rings (SSSR count). The first kappa shape index (κ1) is 13.2. The third-order valence-corrected chi connectivity index (χ3v) is 3.63. The minimum absolute atomic E-state index is 0.0732. The zero-order chi connectivity index (χ0) is 13.8. The summed E-state index contributed by atoms with van der Waals surface area (Å²) in [6.07, 6.45) is 6.30. The number of hydrogen-bond acceptors (Lipinski definition) is 4. The molecule has 2 bridgehead atoms. The summed E-state index contributed by atoms with van der Waals surface area (Å²) in [5.41, 5.74) is 0.837. The molecule has 0 spiro atoms. The van der Waals surface area contributed by atoms with Gasteiger partial charge in [0.25, 0.3) is 0 Å². The van der Waals surface area contributed by atoms with Crippen LogP contribution in [-0.4, -0.2) is 56.0 Å². The normalized spacial score (nSPS) is 28.0. The van der Waals surface area contributed by atoms with Gasteiger partial charge in [0.2, 0.25) is 0 Å². The maximum Gasteiger partial charge on any atom is 0.410 e. The summed E-state index contributed by atoms with van der Waals surface area (Å²) in [6, 6.07) is 0.146. The van der Waals surface area contributed by atoms with E-state index in [0.29, 0.717) is 13.2 Å². The van der Waals surface area contributed by atoms with E-state index in [0.717, 1.165) is 25.1 Å². The van der Waals surface area contributed by atoms with Crippen LogP contribution in [0.15, 0.2) is 23.8 Å². The summed E-state index contributed by atoms with van der Waals surface area (Å²) in [7, 11) is 0. The first-order valence-corrected chi connectivity index (χ1v) is 6.93. The van der Waals surface area contributed by atoms with Gasteiger partial charge < -0.3 is 14.8 Å². The van der Waals surface area contributed by atoms with Gasteiger partial charge in [0, 0.05) is 25.1 Å². The largest absolute Gasteiger partial charge is 0.444 e. The van der Waals surface area contributed by atoms with E-state index in [4.69, 9.17) is 9.47 Å². The first-order valence-electron chi connectivity index (χ1n) is 6.93. The van der Waals surface area contributed by atoms with Crippen molar-refractivity contribution in [2.45, 2.75) is 18.5 Å². The second-order valence-corrected chi connectivity index (χ2v) is 5.09. The van der Waals surface area contributed by atoms with Crippen LogP contribution in [0.1, 0.15) is 6.42 Å². The number of rotatable bonds is 2. The second kappa shape index (κ2) is 6.12. The Morgan fingerprint density at radius 2 is 2.25 bits per heavy atom. The Hall–Kier alpha value is -1.77. The number of amides is 1. The van der Waals surface area contributed by atoms with Crippen molar-refractivity contribution in [1.29, 1.82) is 0 Å². The number of carbonyl (C=O) groups excluding carboxylic acids is 1. The lowest BCUT2D eigenvalue weighted by Gasteiger charge is -2.44. The quantitative estimate of drug-likeness (QED) is 0.753. The second-order valence-electron chi connectivity index (χ2n) is 5.09. The maximum absolute atomic E-state index is 12.3. The first-order chi connectivity index (χ1) is 9.84. The number of ether oxygens (including phenoxy) is 2. The summed E-state index contributed by atoms with van der Waals surface area (Å²) in [4.78, 5) is 14.1. The Kier molecular flexibility index (Phi) is 4.05. The Balaban J connectivity index is 1.59. The molecule has 0 radical (unpaired) electrons. The Labute approximate surface area is 118 Å². The molecular weight excluding hydrogens is 256 g/mol. The van der Waals surface area contributed by atoms with Gasteiger partial charge >= 0.3 is 6.09 Å². The number of allylic oxidation sites excluding steroid dienone is 3. The zero-order valence-electron chi connectivity index (χ0n) is 11.3. The van der Waals surface area contributed by atoms with Crippen molar-refractivity contribution in [3.63, 3.8) is 0 Å². The van der Waals surface area contributed by atoms with Gasteiger partial charge in [-0.3, -0.25) is 4.90 Å². The van der Waals surface area contributed by atoms with Gasteiger partial charge in [-0.1, -0.05) is 24.0 Å². The fourth-order valence-corrected chi connectivity index (χ4v) is 2.64. The van der Waals surface area contributed by atoms with E-state index >= 15 is 0 Å². The van der Waals surface area contributed by atoms with Crippen LogP contribution in [0, 0.1) is 11.8 Å². The molecule has 1 N–H and O–H groups in total. The van der Waals surface area contributed by atoms with Crippen LogP contribution in [0.2, 0.25) is 0 Å². The van der Waals surface area contributed by atoms with Gasteiger partial charge in [0.1, 0.15) is 6.61 Å². The van der Waals surface area contributed by atoms with Crippen LogP contribution >= 0.6 is 0 Å². The van der Waals surface area contributed by atoms with E-state index in [1.807, 2.05) is 23.1 Å². The number of nitrogens with zero attached hydrogens (tertiary/aromatic N) is 1. The molecule has 3 aliphatic rings. The van der Waals surface area contributed by atoms with Crippen molar-refractivity contribution in [3.8, 4) is 11.8 Å². The monoisotopic (exact) mass is 274 g/mol. The molecule has 106 valence electrons. The number of piperazine rings is 1. The van der Waals surface area contributed by atoms with E-state index in [9.17, 15) is 4.79 Å². The molecule has 5 nitrogen and oxygen atoms in total. The van der Waals surface area contributed by atoms with E-state index in [-0.39, 0.29) is 24.8 Å². The molecule has 2 heterocycles. The molecule has 0 aromatic carbocycles. The lowest BCUT2D eigenvalue weighted by Crippen LogP contribution is -2.65. The highest BCUT2D eigenvalue weighted by atomic mass is 16.6. The van der Waals surface area contributed by atoms with E-state index in [2.05, 4.69) is 17.2 Å². The summed E-state index contributed by atoms with van der Waals surface area (Å²) >= 11 is 0. The highest BCUT2D eigenvalue weighted by Crippen LogP contribution is 2.18. The van der Waals surface area contributed by atoms with Crippen molar-refractivity contribution in [1.82, 2.24) is 10.2 Å². The molecular formula is C15H18N2O3. The molecule has 0 aromatic heterocycles. The molecule has 0 saturated carbocycles. The maximum atomic E-state index is 12.3. The Morgan fingerprint density at radius 1 is 1.45 bits per heavy atom. The number of hydrogen-bond donors (Lipinski definition) is 1. The minimum Gasteiger partial charge on any atom is -0.444 e. The van der Waals surface area contributed by atoms with E-state index in [1.165, 1.54) is 0 Å².